The van der Waals surface area contributed by atoms with Gasteiger partial charge in [0.1, 0.15) is 10.7 Å². The summed E-state index contributed by atoms with van der Waals surface area (Å²) in [5.41, 5.74) is -0.381. The minimum atomic E-state index is -3.91. The van der Waals surface area contributed by atoms with Gasteiger partial charge in [0.05, 0.1) is 25.4 Å². The summed E-state index contributed by atoms with van der Waals surface area (Å²) >= 11 is 0. The van der Waals surface area contributed by atoms with Crippen molar-refractivity contribution in [1.29, 1.82) is 0 Å². The lowest BCUT2D eigenvalue weighted by atomic mass is 9.99. The average Bonchev–Trinajstić information content (AvgIpc) is 2.90. The second-order valence-corrected chi connectivity index (χ2v) is 7.37. The fraction of sp³-hybridized carbons (Fsp3) is 0.571. The summed E-state index contributed by atoms with van der Waals surface area (Å²) in [5, 5.41) is 0. The molecule has 0 amide bonds. The SMILES string of the molecule is Cc1cccc(S(=O)(=O)N2CCOCC23CCOC3)c1F. The Morgan fingerprint density at radius 3 is 2.62 bits per heavy atom. The van der Waals surface area contributed by atoms with Gasteiger partial charge in [-0.3, -0.25) is 0 Å². The minimum Gasteiger partial charge on any atom is -0.379 e. The Morgan fingerprint density at radius 1 is 1.24 bits per heavy atom. The van der Waals surface area contributed by atoms with E-state index in [1.807, 2.05) is 0 Å². The number of hydrogen-bond acceptors (Lipinski definition) is 4. The first-order valence-electron chi connectivity index (χ1n) is 6.91. The van der Waals surface area contributed by atoms with Crippen molar-refractivity contribution in [3.63, 3.8) is 0 Å². The molecule has 2 heterocycles. The highest BCUT2D eigenvalue weighted by Gasteiger charge is 2.49. The molecule has 2 fully saturated rings. The number of morpholine rings is 1. The maximum Gasteiger partial charge on any atom is 0.246 e. The molecule has 0 aliphatic carbocycles. The zero-order valence-corrected chi connectivity index (χ0v) is 12.7. The third-order valence-corrected chi connectivity index (χ3v) is 6.17. The van der Waals surface area contributed by atoms with Crippen molar-refractivity contribution in [1.82, 2.24) is 4.31 Å². The maximum atomic E-state index is 14.3. The van der Waals surface area contributed by atoms with Crippen molar-refractivity contribution in [2.45, 2.75) is 23.8 Å². The fourth-order valence-electron chi connectivity index (χ4n) is 2.94. The topological polar surface area (TPSA) is 55.8 Å². The van der Waals surface area contributed by atoms with Gasteiger partial charge in [0.25, 0.3) is 0 Å². The second kappa shape index (κ2) is 5.31. The molecule has 1 aromatic rings. The lowest BCUT2D eigenvalue weighted by Gasteiger charge is -2.42. The zero-order valence-electron chi connectivity index (χ0n) is 11.8. The molecule has 0 bridgehead atoms. The minimum absolute atomic E-state index is 0.221. The number of halogens is 1. The maximum absolute atomic E-state index is 14.3. The van der Waals surface area contributed by atoms with Gasteiger partial charge in [-0.25, -0.2) is 12.8 Å². The van der Waals surface area contributed by atoms with Gasteiger partial charge in [-0.05, 0) is 25.0 Å². The molecule has 0 saturated carbocycles. The normalized spacial score (nSPS) is 27.3. The van der Waals surface area contributed by atoms with Crippen molar-refractivity contribution < 1.29 is 22.3 Å². The van der Waals surface area contributed by atoms with Crippen molar-refractivity contribution in [2.75, 3.05) is 33.0 Å². The lowest BCUT2D eigenvalue weighted by molar-refractivity contribution is -0.0293. The number of aryl methyl sites for hydroxylation is 1. The molecule has 1 atom stereocenters. The van der Waals surface area contributed by atoms with Crippen LogP contribution in [0, 0.1) is 12.7 Å². The highest BCUT2D eigenvalue weighted by atomic mass is 32.2. The van der Waals surface area contributed by atoms with E-state index in [1.54, 1.807) is 19.1 Å². The number of nitrogens with zero attached hydrogens (tertiary/aromatic N) is 1. The Balaban J connectivity index is 2.06. The molecule has 1 unspecified atom stereocenters. The molecular formula is C14H18FNO4S. The summed E-state index contributed by atoms with van der Waals surface area (Å²) in [7, 11) is -3.91. The quantitative estimate of drug-likeness (QED) is 0.826. The molecular weight excluding hydrogens is 297 g/mol. The zero-order chi connectivity index (χ0) is 15.1. The van der Waals surface area contributed by atoms with E-state index in [0.29, 0.717) is 38.4 Å². The van der Waals surface area contributed by atoms with Crippen LogP contribution in [-0.2, 0) is 19.5 Å². The molecule has 1 aromatic carbocycles. The van der Waals surface area contributed by atoms with Crippen molar-refractivity contribution in [2.24, 2.45) is 0 Å². The summed E-state index contributed by atoms with van der Waals surface area (Å²) in [6, 6.07) is 4.43. The van der Waals surface area contributed by atoms with Gasteiger partial charge in [-0.15, -0.1) is 0 Å². The molecule has 2 aliphatic heterocycles. The number of sulfonamides is 1. The van der Waals surface area contributed by atoms with E-state index in [1.165, 1.54) is 10.4 Å². The third-order valence-electron chi connectivity index (χ3n) is 4.15. The van der Waals surface area contributed by atoms with Crippen LogP contribution in [0.5, 0.6) is 0 Å². The lowest BCUT2D eigenvalue weighted by Crippen LogP contribution is -2.59. The largest absolute Gasteiger partial charge is 0.379 e. The molecule has 0 radical (unpaired) electrons. The Hall–Kier alpha value is -1.02. The van der Waals surface area contributed by atoms with Gasteiger partial charge >= 0.3 is 0 Å². The van der Waals surface area contributed by atoms with Crippen LogP contribution in [0.2, 0.25) is 0 Å². The summed E-state index contributed by atoms with van der Waals surface area (Å²) in [4.78, 5) is -0.268. The Kier molecular flexibility index (Phi) is 3.77. The molecule has 3 rings (SSSR count). The van der Waals surface area contributed by atoms with E-state index >= 15 is 0 Å². The highest BCUT2D eigenvalue weighted by molar-refractivity contribution is 7.89. The molecule has 7 heteroatoms. The molecule has 116 valence electrons. The highest BCUT2D eigenvalue weighted by Crippen LogP contribution is 2.35. The molecule has 2 saturated heterocycles. The average molecular weight is 315 g/mol. The van der Waals surface area contributed by atoms with Crippen LogP contribution >= 0.6 is 0 Å². The molecule has 5 nitrogen and oxygen atoms in total. The van der Waals surface area contributed by atoms with Crippen LogP contribution in [0.3, 0.4) is 0 Å². The van der Waals surface area contributed by atoms with Crippen LogP contribution in [0.25, 0.3) is 0 Å². The van der Waals surface area contributed by atoms with Crippen LogP contribution in [0.4, 0.5) is 4.39 Å². The van der Waals surface area contributed by atoms with Gasteiger partial charge in [0.15, 0.2) is 0 Å². The van der Waals surface area contributed by atoms with Crippen molar-refractivity contribution in [3.05, 3.63) is 29.6 Å². The van der Waals surface area contributed by atoms with Crippen LogP contribution in [-0.4, -0.2) is 51.2 Å². The molecule has 0 N–H and O–H groups in total. The monoisotopic (exact) mass is 315 g/mol. The predicted molar refractivity (Wildman–Crippen MR) is 74.0 cm³/mol. The number of ether oxygens (including phenoxy) is 2. The van der Waals surface area contributed by atoms with Gasteiger partial charge in [0, 0.05) is 13.2 Å². The third kappa shape index (κ3) is 2.38. The molecule has 1 spiro atoms. The van der Waals surface area contributed by atoms with E-state index < -0.39 is 21.4 Å². The molecule has 21 heavy (non-hydrogen) atoms. The summed E-state index contributed by atoms with van der Waals surface area (Å²) < 4.78 is 52.2. The summed E-state index contributed by atoms with van der Waals surface area (Å²) in [6.07, 6.45) is 0.569. The van der Waals surface area contributed by atoms with E-state index in [9.17, 15) is 12.8 Å². The first-order chi connectivity index (χ1) is 9.97. The van der Waals surface area contributed by atoms with Gasteiger partial charge in [-0.2, -0.15) is 4.31 Å². The van der Waals surface area contributed by atoms with E-state index in [0.717, 1.165) is 0 Å². The Bertz CT molecular complexity index is 640. The summed E-state index contributed by atoms with van der Waals surface area (Å²) in [6.45, 7) is 3.17. The van der Waals surface area contributed by atoms with Crippen LogP contribution in [0.15, 0.2) is 23.1 Å². The van der Waals surface area contributed by atoms with Gasteiger partial charge in [-0.1, -0.05) is 12.1 Å². The smallest absolute Gasteiger partial charge is 0.246 e. The fourth-order valence-corrected chi connectivity index (χ4v) is 4.84. The van der Waals surface area contributed by atoms with E-state index in [4.69, 9.17) is 9.47 Å². The summed E-state index contributed by atoms with van der Waals surface area (Å²) in [5.74, 6) is -0.682. The van der Waals surface area contributed by atoms with Crippen LogP contribution < -0.4 is 0 Å². The predicted octanol–water partition coefficient (Wildman–Crippen LogP) is 1.31. The Morgan fingerprint density at radius 2 is 1.95 bits per heavy atom. The standard InChI is InChI=1S/C14H18FNO4S/c1-11-3-2-4-12(13(11)15)21(17,18)16-6-8-20-10-14(16)5-7-19-9-14/h2-4H,5-10H2,1H3. The number of hydrogen-bond donors (Lipinski definition) is 0. The first kappa shape index (κ1) is 14.9. The number of rotatable bonds is 2. The molecule has 2 aliphatic rings. The second-order valence-electron chi connectivity index (χ2n) is 5.54. The van der Waals surface area contributed by atoms with Gasteiger partial charge < -0.3 is 9.47 Å². The van der Waals surface area contributed by atoms with Crippen molar-refractivity contribution in [3.8, 4) is 0 Å². The van der Waals surface area contributed by atoms with Gasteiger partial charge in [0.2, 0.25) is 10.0 Å². The van der Waals surface area contributed by atoms with Crippen molar-refractivity contribution >= 4 is 10.0 Å². The Labute approximate surface area is 123 Å². The first-order valence-corrected chi connectivity index (χ1v) is 8.35. The number of benzene rings is 1. The van der Waals surface area contributed by atoms with E-state index in [2.05, 4.69) is 0 Å². The van der Waals surface area contributed by atoms with E-state index in [-0.39, 0.29) is 11.4 Å². The molecule has 0 aromatic heterocycles. The van der Waals surface area contributed by atoms with Crippen LogP contribution in [0.1, 0.15) is 12.0 Å².